The third-order valence-electron chi connectivity index (χ3n) is 5.11. The molecule has 162 valence electrons. The fraction of sp³-hybridized carbons (Fsp3) is 0.364. The molecular formula is C22H30IN5O2. The van der Waals surface area contributed by atoms with Crippen LogP contribution in [0.5, 0.6) is 5.75 Å². The lowest BCUT2D eigenvalue weighted by atomic mass is 10.1. The summed E-state index contributed by atoms with van der Waals surface area (Å²) in [5.41, 5.74) is 2.90. The van der Waals surface area contributed by atoms with Gasteiger partial charge in [-0.3, -0.25) is 9.79 Å². The summed E-state index contributed by atoms with van der Waals surface area (Å²) >= 11 is 0. The second-order valence-corrected chi connectivity index (χ2v) is 6.82. The Morgan fingerprint density at radius 3 is 2.33 bits per heavy atom. The number of rotatable bonds is 5. The Bertz CT molecular complexity index is 849. The molecule has 2 N–H and O–H groups in total. The van der Waals surface area contributed by atoms with Crippen molar-refractivity contribution in [1.29, 1.82) is 0 Å². The number of methoxy groups -OCH3 is 1. The van der Waals surface area contributed by atoms with Crippen LogP contribution in [0.3, 0.4) is 0 Å². The smallest absolute Gasteiger partial charge is 0.251 e. The van der Waals surface area contributed by atoms with E-state index in [1.54, 1.807) is 14.2 Å². The van der Waals surface area contributed by atoms with Crippen molar-refractivity contribution in [2.45, 2.75) is 6.54 Å². The lowest BCUT2D eigenvalue weighted by molar-refractivity contribution is 0.0963. The van der Waals surface area contributed by atoms with E-state index in [9.17, 15) is 4.79 Å². The van der Waals surface area contributed by atoms with Crippen molar-refractivity contribution in [3.8, 4) is 5.75 Å². The number of amides is 1. The average molecular weight is 523 g/mol. The average Bonchev–Trinajstić information content (AvgIpc) is 2.79. The van der Waals surface area contributed by atoms with E-state index in [0.29, 0.717) is 12.1 Å². The minimum atomic E-state index is -0.0757. The van der Waals surface area contributed by atoms with Gasteiger partial charge in [-0.25, -0.2) is 0 Å². The predicted molar refractivity (Wildman–Crippen MR) is 132 cm³/mol. The maximum atomic E-state index is 11.6. The molecule has 2 aromatic rings. The van der Waals surface area contributed by atoms with Crippen LogP contribution in [-0.2, 0) is 6.54 Å². The number of carbonyl (C=O) groups is 1. The van der Waals surface area contributed by atoms with Gasteiger partial charge in [0.25, 0.3) is 5.91 Å². The molecule has 1 fully saturated rings. The maximum absolute atomic E-state index is 11.6. The number of anilines is 1. The van der Waals surface area contributed by atoms with Gasteiger partial charge >= 0.3 is 0 Å². The number of ether oxygens (including phenoxy) is 1. The molecule has 7 nitrogen and oxygen atoms in total. The van der Waals surface area contributed by atoms with Crippen molar-refractivity contribution in [3.63, 3.8) is 0 Å². The first-order chi connectivity index (χ1) is 14.2. The number of halogens is 1. The van der Waals surface area contributed by atoms with E-state index in [2.05, 4.69) is 31.5 Å². The van der Waals surface area contributed by atoms with Crippen LogP contribution in [0.1, 0.15) is 15.9 Å². The number of nitrogens with zero attached hydrogens (tertiary/aromatic N) is 3. The number of hydrogen-bond donors (Lipinski definition) is 2. The molecule has 0 atom stereocenters. The number of aliphatic imine (C=N–C) groups is 1. The predicted octanol–water partition coefficient (Wildman–Crippen LogP) is 2.57. The molecular weight excluding hydrogens is 493 g/mol. The van der Waals surface area contributed by atoms with Crippen LogP contribution in [0.4, 0.5) is 5.69 Å². The molecule has 0 aromatic heterocycles. The molecule has 1 aliphatic heterocycles. The number of carbonyl (C=O) groups excluding carboxylic acids is 1. The summed E-state index contributed by atoms with van der Waals surface area (Å²) in [6.45, 7) is 4.23. The molecule has 0 aliphatic carbocycles. The van der Waals surface area contributed by atoms with Crippen LogP contribution < -0.4 is 20.3 Å². The summed E-state index contributed by atoms with van der Waals surface area (Å²) in [6, 6.07) is 15.7. The zero-order valence-corrected chi connectivity index (χ0v) is 20.1. The van der Waals surface area contributed by atoms with Crippen molar-refractivity contribution in [1.82, 2.24) is 15.5 Å². The summed E-state index contributed by atoms with van der Waals surface area (Å²) in [7, 11) is 5.15. The standard InChI is InChI=1S/C22H29N5O2.HI/c1-23-21(28)18-10-8-17(9-11-18)16-25-22(24-2)27-14-12-26(13-15-27)19-6-4-5-7-20(19)29-3;/h4-11H,12-16H2,1-3H3,(H,23,28)(H,24,25);1H. The molecule has 3 rings (SSSR count). The molecule has 0 saturated carbocycles. The van der Waals surface area contributed by atoms with Crippen LogP contribution >= 0.6 is 24.0 Å². The lowest BCUT2D eigenvalue weighted by Crippen LogP contribution is -2.52. The van der Waals surface area contributed by atoms with E-state index in [1.807, 2.05) is 49.5 Å². The third kappa shape index (κ3) is 5.78. The largest absolute Gasteiger partial charge is 0.495 e. The number of benzene rings is 2. The van der Waals surface area contributed by atoms with E-state index in [1.165, 1.54) is 0 Å². The molecule has 0 bridgehead atoms. The fourth-order valence-corrected chi connectivity index (χ4v) is 3.48. The van der Waals surface area contributed by atoms with Gasteiger partial charge in [0.1, 0.15) is 5.75 Å². The molecule has 1 aliphatic rings. The summed E-state index contributed by atoms with van der Waals surface area (Å²) < 4.78 is 5.50. The first-order valence-corrected chi connectivity index (χ1v) is 9.81. The summed E-state index contributed by atoms with van der Waals surface area (Å²) in [5, 5.41) is 6.06. The van der Waals surface area contributed by atoms with Gasteiger partial charge in [0.05, 0.1) is 12.8 Å². The summed E-state index contributed by atoms with van der Waals surface area (Å²) in [6.07, 6.45) is 0. The Kier molecular flexibility index (Phi) is 9.22. The van der Waals surface area contributed by atoms with Gasteiger partial charge in [-0.1, -0.05) is 24.3 Å². The number of nitrogens with one attached hydrogen (secondary N) is 2. The second-order valence-electron chi connectivity index (χ2n) is 6.82. The summed E-state index contributed by atoms with van der Waals surface area (Å²) in [4.78, 5) is 20.7. The van der Waals surface area contributed by atoms with E-state index in [-0.39, 0.29) is 29.9 Å². The number of hydrogen-bond acceptors (Lipinski definition) is 4. The molecule has 30 heavy (non-hydrogen) atoms. The van der Waals surface area contributed by atoms with Crippen molar-refractivity contribution >= 4 is 41.5 Å². The number of piperazine rings is 1. The lowest BCUT2D eigenvalue weighted by Gasteiger charge is -2.38. The Morgan fingerprint density at radius 2 is 1.73 bits per heavy atom. The Labute approximate surface area is 195 Å². The van der Waals surface area contributed by atoms with Gasteiger partial charge in [-0.2, -0.15) is 0 Å². The SMILES string of the molecule is CN=C(NCc1ccc(C(=O)NC)cc1)N1CCN(c2ccccc2OC)CC1.I. The van der Waals surface area contributed by atoms with Crippen molar-refractivity contribution in [3.05, 3.63) is 59.7 Å². The van der Waals surface area contributed by atoms with Gasteiger partial charge in [0.15, 0.2) is 5.96 Å². The van der Waals surface area contributed by atoms with Crippen LogP contribution in [0, 0.1) is 0 Å². The van der Waals surface area contributed by atoms with E-state index in [4.69, 9.17) is 4.74 Å². The maximum Gasteiger partial charge on any atom is 0.251 e. The van der Waals surface area contributed by atoms with Gasteiger partial charge in [-0.05, 0) is 29.8 Å². The highest BCUT2D eigenvalue weighted by atomic mass is 127. The first-order valence-electron chi connectivity index (χ1n) is 9.81. The molecule has 8 heteroatoms. The molecule has 0 unspecified atom stereocenters. The molecule has 1 amide bonds. The minimum Gasteiger partial charge on any atom is -0.495 e. The first kappa shape index (κ1) is 23.8. The van der Waals surface area contributed by atoms with Crippen LogP contribution in [0.15, 0.2) is 53.5 Å². The van der Waals surface area contributed by atoms with Gasteiger partial charge in [0.2, 0.25) is 0 Å². The van der Waals surface area contributed by atoms with E-state index >= 15 is 0 Å². The molecule has 0 spiro atoms. The molecule has 1 heterocycles. The van der Waals surface area contributed by atoms with E-state index < -0.39 is 0 Å². The topological polar surface area (TPSA) is 69.2 Å². The minimum absolute atomic E-state index is 0. The fourth-order valence-electron chi connectivity index (χ4n) is 3.48. The molecule has 1 saturated heterocycles. The number of para-hydroxylation sites is 2. The number of guanidine groups is 1. The van der Waals surface area contributed by atoms with Crippen LogP contribution in [0.25, 0.3) is 0 Å². The van der Waals surface area contributed by atoms with Crippen molar-refractivity contribution in [2.24, 2.45) is 4.99 Å². The molecule has 2 aromatic carbocycles. The summed E-state index contributed by atoms with van der Waals surface area (Å²) in [5.74, 6) is 1.72. The Balaban J connectivity index is 0.00000320. The second kappa shape index (κ2) is 11.6. The van der Waals surface area contributed by atoms with Crippen molar-refractivity contribution in [2.75, 3.05) is 52.3 Å². The van der Waals surface area contributed by atoms with Gasteiger partial charge in [-0.15, -0.1) is 24.0 Å². The Morgan fingerprint density at radius 1 is 1.07 bits per heavy atom. The third-order valence-corrected chi connectivity index (χ3v) is 5.11. The van der Waals surface area contributed by atoms with Crippen LogP contribution in [0.2, 0.25) is 0 Å². The quantitative estimate of drug-likeness (QED) is 0.359. The van der Waals surface area contributed by atoms with Crippen molar-refractivity contribution < 1.29 is 9.53 Å². The highest BCUT2D eigenvalue weighted by Crippen LogP contribution is 2.28. The highest BCUT2D eigenvalue weighted by Gasteiger charge is 2.21. The molecule has 0 radical (unpaired) electrons. The highest BCUT2D eigenvalue weighted by molar-refractivity contribution is 14.0. The van der Waals surface area contributed by atoms with Crippen LogP contribution in [-0.4, -0.2) is 64.2 Å². The Hall–Kier alpha value is -2.49. The normalized spacial score (nSPS) is 14.0. The zero-order valence-electron chi connectivity index (χ0n) is 17.7. The zero-order chi connectivity index (χ0) is 20.6. The van der Waals surface area contributed by atoms with Gasteiger partial charge in [0, 0.05) is 52.4 Å². The van der Waals surface area contributed by atoms with E-state index in [0.717, 1.165) is 49.1 Å². The van der Waals surface area contributed by atoms with Gasteiger partial charge < -0.3 is 25.2 Å². The monoisotopic (exact) mass is 523 g/mol.